The molecule has 0 N–H and O–H groups in total. The van der Waals surface area contributed by atoms with Crippen molar-refractivity contribution in [3.05, 3.63) is 12.2 Å². The summed E-state index contributed by atoms with van der Waals surface area (Å²) in [6.07, 6.45) is 7.82. The van der Waals surface area contributed by atoms with Gasteiger partial charge in [-0.25, -0.2) is 0 Å². The van der Waals surface area contributed by atoms with Crippen molar-refractivity contribution < 1.29 is 14.0 Å². The third-order valence-corrected chi connectivity index (χ3v) is 10.7. The highest BCUT2D eigenvalue weighted by Gasteiger charge is 2.62. The minimum atomic E-state index is -1.79. The van der Waals surface area contributed by atoms with E-state index in [0.29, 0.717) is 12.5 Å². The summed E-state index contributed by atoms with van der Waals surface area (Å²) in [5.41, 5.74) is -0.861. The maximum absolute atomic E-state index is 12.3. The van der Waals surface area contributed by atoms with Crippen LogP contribution in [-0.4, -0.2) is 31.9 Å². The highest BCUT2D eigenvalue weighted by atomic mass is 28.4. The Bertz CT molecular complexity index is 491. The highest BCUT2D eigenvalue weighted by molar-refractivity contribution is 6.74. The fraction of sp³-hybridized carbons (Fsp3) is 0.824. The van der Waals surface area contributed by atoms with Crippen LogP contribution in [0.15, 0.2) is 12.2 Å². The van der Waals surface area contributed by atoms with Gasteiger partial charge in [-0.15, -0.1) is 0 Å². The molecule has 3 atom stereocenters. The van der Waals surface area contributed by atoms with Crippen LogP contribution >= 0.6 is 0 Å². The van der Waals surface area contributed by atoms with Crippen LogP contribution in [0, 0.1) is 5.92 Å². The maximum atomic E-state index is 12.3. The third-order valence-electron chi connectivity index (χ3n) is 6.18. The van der Waals surface area contributed by atoms with Crippen LogP contribution in [0.1, 0.15) is 46.5 Å². The van der Waals surface area contributed by atoms with Crippen LogP contribution in [0.2, 0.25) is 18.1 Å². The van der Waals surface area contributed by atoms with Crippen LogP contribution in [0.5, 0.6) is 0 Å². The first-order valence-corrected chi connectivity index (χ1v) is 11.1. The first-order chi connectivity index (χ1) is 9.60. The second kappa shape index (κ2) is 4.53. The van der Waals surface area contributed by atoms with E-state index in [9.17, 15) is 4.79 Å². The molecule has 0 aromatic carbocycles. The Morgan fingerprint density at radius 2 is 2.14 bits per heavy atom. The highest BCUT2D eigenvalue weighted by Crippen LogP contribution is 2.55. The fourth-order valence-electron chi connectivity index (χ4n) is 3.77. The van der Waals surface area contributed by atoms with Gasteiger partial charge >= 0.3 is 0 Å². The topological polar surface area (TPSA) is 35.5 Å². The van der Waals surface area contributed by atoms with Gasteiger partial charge in [0, 0.05) is 0 Å². The van der Waals surface area contributed by atoms with Gasteiger partial charge in [-0.05, 0) is 61.9 Å². The van der Waals surface area contributed by atoms with E-state index in [1.807, 2.05) is 6.08 Å². The molecule has 2 bridgehead atoms. The zero-order valence-electron chi connectivity index (χ0n) is 14.0. The molecule has 2 heterocycles. The molecular formula is C17H28O3Si. The lowest BCUT2D eigenvalue weighted by Gasteiger charge is -2.40. The molecule has 118 valence electrons. The number of hydrogen-bond acceptors (Lipinski definition) is 3. The zero-order valence-corrected chi connectivity index (χ0v) is 15.0. The van der Waals surface area contributed by atoms with Crippen LogP contribution in [0.4, 0.5) is 0 Å². The van der Waals surface area contributed by atoms with Gasteiger partial charge in [-0.3, -0.25) is 4.79 Å². The standard InChI is InChI=1S/C17H28O3Si/c1-15(2,3)21(4,5)19-12-16-10-8-14(18)17(20-16)9-6-7-13(17)11-16/h8,10,13H,6-7,9,11-12H2,1-5H3/t13-,16-,17-/m0/s1. The first-order valence-electron chi connectivity index (χ1n) is 8.18. The van der Waals surface area contributed by atoms with Crippen LogP contribution in [0.25, 0.3) is 0 Å². The Morgan fingerprint density at radius 3 is 2.81 bits per heavy atom. The molecule has 2 aliphatic heterocycles. The van der Waals surface area contributed by atoms with Gasteiger partial charge in [0.1, 0.15) is 11.2 Å². The zero-order chi connectivity index (χ0) is 15.5. The van der Waals surface area contributed by atoms with Crippen molar-refractivity contribution in [3.8, 4) is 0 Å². The maximum Gasteiger partial charge on any atom is 0.192 e. The second-order valence-corrected chi connectivity index (χ2v) is 13.4. The number of carbonyl (C=O) groups excluding carboxylic acids is 1. The van der Waals surface area contributed by atoms with Crippen LogP contribution < -0.4 is 0 Å². The molecule has 0 aromatic heterocycles. The van der Waals surface area contributed by atoms with Crippen LogP contribution in [0.3, 0.4) is 0 Å². The van der Waals surface area contributed by atoms with E-state index in [2.05, 4.69) is 33.9 Å². The minimum Gasteiger partial charge on any atom is -0.414 e. The smallest absolute Gasteiger partial charge is 0.192 e. The molecule has 0 unspecified atom stereocenters. The molecule has 0 amide bonds. The lowest BCUT2D eigenvalue weighted by atomic mass is 9.87. The average molecular weight is 308 g/mol. The largest absolute Gasteiger partial charge is 0.414 e. The van der Waals surface area contributed by atoms with Crippen molar-refractivity contribution >= 4 is 14.1 Å². The lowest BCUT2D eigenvalue weighted by molar-refractivity contribution is -0.152. The predicted octanol–water partition coefficient (Wildman–Crippen LogP) is 3.85. The number of rotatable bonds is 3. The number of ketones is 1. The second-order valence-electron chi connectivity index (χ2n) is 8.60. The lowest BCUT2D eigenvalue weighted by Crippen LogP contribution is -2.49. The summed E-state index contributed by atoms with van der Waals surface area (Å²) in [5.74, 6) is 0.577. The van der Waals surface area contributed by atoms with Crippen molar-refractivity contribution in [2.75, 3.05) is 6.61 Å². The summed E-state index contributed by atoms with van der Waals surface area (Å²) in [6.45, 7) is 11.9. The van der Waals surface area contributed by atoms with E-state index in [4.69, 9.17) is 9.16 Å². The summed E-state index contributed by atoms with van der Waals surface area (Å²) >= 11 is 0. The first kappa shape index (κ1) is 15.4. The summed E-state index contributed by atoms with van der Waals surface area (Å²) in [4.78, 5) is 12.3. The van der Waals surface area contributed by atoms with Crippen molar-refractivity contribution in [2.45, 2.75) is 75.8 Å². The van der Waals surface area contributed by atoms with E-state index in [1.54, 1.807) is 6.08 Å². The summed E-state index contributed by atoms with van der Waals surface area (Å²) < 4.78 is 12.8. The molecule has 1 spiro atoms. The molecule has 3 rings (SSSR count). The average Bonchev–Trinajstić information content (AvgIpc) is 2.84. The molecular weight excluding hydrogens is 280 g/mol. The molecule has 21 heavy (non-hydrogen) atoms. The number of hydrogen-bond donors (Lipinski definition) is 0. The van der Waals surface area contributed by atoms with Crippen molar-refractivity contribution in [1.29, 1.82) is 0 Å². The van der Waals surface area contributed by atoms with Gasteiger partial charge in [-0.1, -0.05) is 20.8 Å². The molecule has 0 radical (unpaired) electrons. The van der Waals surface area contributed by atoms with Gasteiger partial charge in [0.05, 0.1) is 6.61 Å². The van der Waals surface area contributed by atoms with E-state index in [-0.39, 0.29) is 16.4 Å². The summed E-state index contributed by atoms with van der Waals surface area (Å²) in [6, 6.07) is 0. The minimum absolute atomic E-state index is 0.186. The number of carbonyl (C=O) groups is 1. The molecule has 2 fully saturated rings. The Morgan fingerprint density at radius 1 is 1.43 bits per heavy atom. The van der Waals surface area contributed by atoms with Gasteiger partial charge in [0.2, 0.25) is 0 Å². The van der Waals surface area contributed by atoms with E-state index < -0.39 is 13.9 Å². The van der Waals surface area contributed by atoms with E-state index in [1.165, 1.54) is 0 Å². The summed E-state index contributed by atoms with van der Waals surface area (Å²) in [5, 5.41) is 0.198. The molecule has 1 saturated heterocycles. The van der Waals surface area contributed by atoms with Crippen molar-refractivity contribution in [2.24, 2.45) is 5.92 Å². The Kier molecular flexibility index (Phi) is 3.33. The van der Waals surface area contributed by atoms with Gasteiger partial charge in [-0.2, -0.15) is 0 Å². The molecule has 1 saturated carbocycles. The summed E-state index contributed by atoms with van der Waals surface area (Å²) in [7, 11) is -1.79. The van der Waals surface area contributed by atoms with E-state index in [0.717, 1.165) is 25.7 Å². The molecule has 0 aromatic rings. The molecule has 3 nitrogen and oxygen atoms in total. The monoisotopic (exact) mass is 308 g/mol. The number of ether oxygens (including phenoxy) is 1. The molecule has 1 aliphatic carbocycles. The SMILES string of the molecule is CC(C)(C)[Si](C)(C)OC[C@]12C=CC(=O)[C@@]3(CCC[C@H]3C1)O2. The van der Waals surface area contributed by atoms with Crippen molar-refractivity contribution in [1.82, 2.24) is 0 Å². The Hall–Kier alpha value is -0.453. The van der Waals surface area contributed by atoms with Gasteiger partial charge in [0.25, 0.3) is 0 Å². The molecule has 3 aliphatic rings. The van der Waals surface area contributed by atoms with E-state index >= 15 is 0 Å². The predicted molar refractivity (Wildman–Crippen MR) is 85.8 cm³/mol. The molecule has 4 heteroatoms. The van der Waals surface area contributed by atoms with Crippen molar-refractivity contribution in [3.63, 3.8) is 0 Å². The number of fused-ring (bicyclic) bond motifs is 1. The fourth-order valence-corrected chi connectivity index (χ4v) is 4.81. The van der Waals surface area contributed by atoms with Gasteiger partial charge < -0.3 is 9.16 Å². The Labute approximate surface area is 129 Å². The Balaban J connectivity index is 1.78. The normalized spacial score (nSPS) is 38.9. The third kappa shape index (κ3) is 2.27. The van der Waals surface area contributed by atoms with Crippen LogP contribution in [-0.2, 0) is 14.0 Å². The van der Waals surface area contributed by atoms with Gasteiger partial charge in [0.15, 0.2) is 14.1 Å². The quantitative estimate of drug-likeness (QED) is 0.743.